The number of benzene rings is 2. The first kappa shape index (κ1) is 15.7. The zero-order valence-electron chi connectivity index (χ0n) is 11.3. The number of amides is 1. The number of carbonyl (C=O) groups is 1. The van der Waals surface area contributed by atoms with Crippen LogP contribution in [0.4, 0.5) is 24.5 Å². The number of phenols is 1. The summed E-state index contributed by atoms with van der Waals surface area (Å²) in [4.78, 5) is 11.7. The highest BCUT2D eigenvalue weighted by Gasteiger charge is 2.29. The highest BCUT2D eigenvalue weighted by molar-refractivity contribution is 5.93. The standard InChI is InChI=1S/C15H13F3N2O2/c16-15(17,18)10-4-6-11(7-5-10)19-9-14(22)20-12-2-1-3-13(21)8-12/h1-8,19,21H,9H2,(H,20,22). The van der Waals surface area contributed by atoms with Crippen LogP contribution in [0.15, 0.2) is 48.5 Å². The van der Waals surface area contributed by atoms with Crippen LogP contribution in [0.5, 0.6) is 5.75 Å². The number of nitrogens with one attached hydrogen (secondary N) is 2. The summed E-state index contributed by atoms with van der Waals surface area (Å²) >= 11 is 0. The van der Waals surface area contributed by atoms with Gasteiger partial charge in [0, 0.05) is 17.4 Å². The summed E-state index contributed by atoms with van der Waals surface area (Å²) in [5.74, 6) is -0.362. The van der Waals surface area contributed by atoms with Crippen LogP contribution in [-0.2, 0) is 11.0 Å². The van der Waals surface area contributed by atoms with Crippen LogP contribution < -0.4 is 10.6 Å². The number of phenolic OH excluding ortho intramolecular Hbond substituents is 1. The third-order valence-corrected chi connectivity index (χ3v) is 2.80. The van der Waals surface area contributed by atoms with Crippen molar-refractivity contribution in [3.63, 3.8) is 0 Å². The van der Waals surface area contributed by atoms with Gasteiger partial charge >= 0.3 is 6.18 Å². The molecule has 7 heteroatoms. The van der Waals surface area contributed by atoms with Crippen LogP contribution >= 0.6 is 0 Å². The number of hydrogen-bond donors (Lipinski definition) is 3. The first-order valence-electron chi connectivity index (χ1n) is 6.34. The fraction of sp³-hybridized carbons (Fsp3) is 0.133. The maximum atomic E-state index is 12.4. The van der Waals surface area contributed by atoms with Gasteiger partial charge in [0.25, 0.3) is 0 Å². The minimum Gasteiger partial charge on any atom is -0.508 e. The van der Waals surface area contributed by atoms with E-state index in [-0.39, 0.29) is 18.2 Å². The van der Waals surface area contributed by atoms with Crippen LogP contribution in [0.2, 0.25) is 0 Å². The van der Waals surface area contributed by atoms with E-state index in [9.17, 15) is 23.1 Å². The van der Waals surface area contributed by atoms with Gasteiger partial charge in [-0.1, -0.05) is 6.07 Å². The summed E-state index contributed by atoms with van der Waals surface area (Å²) in [6.45, 7) is -0.110. The molecule has 0 spiro atoms. The van der Waals surface area contributed by atoms with E-state index in [4.69, 9.17) is 0 Å². The summed E-state index contributed by atoms with van der Waals surface area (Å²) < 4.78 is 37.2. The van der Waals surface area contributed by atoms with Gasteiger partial charge in [0.1, 0.15) is 5.75 Å². The third-order valence-electron chi connectivity index (χ3n) is 2.80. The van der Waals surface area contributed by atoms with E-state index in [2.05, 4.69) is 10.6 Å². The number of aromatic hydroxyl groups is 1. The fourth-order valence-electron chi connectivity index (χ4n) is 1.75. The van der Waals surface area contributed by atoms with Gasteiger partial charge in [-0.15, -0.1) is 0 Å². The van der Waals surface area contributed by atoms with Crippen molar-refractivity contribution in [3.8, 4) is 5.75 Å². The summed E-state index contributed by atoms with van der Waals surface area (Å²) in [5, 5.41) is 14.5. The minimum atomic E-state index is -4.38. The number of halogens is 3. The van der Waals surface area contributed by atoms with Gasteiger partial charge in [0.2, 0.25) is 5.91 Å². The van der Waals surface area contributed by atoms with Crippen molar-refractivity contribution in [2.75, 3.05) is 17.2 Å². The molecular formula is C15H13F3N2O2. The molecule has 0 aliphatic heterocycles. The van der Waals surface area contributed by atoms with E-state index < -0.39 is 11.7 Å². The Labute approximate surface area is 124 Å². The molecule has 116 valence electrons. The molecule has 0 aromatic heterocycles. The van der Waals surface area contributed by atoms with Gasteiger partial charge in [0.05, 0.1) is 12.1 Å². The number of anilines is 2. The van der Waals surface area contributed by atoms with Gasteiger partial charge in [-0.3, -0.25) is 4.79 Å². The highest BCUT2D eigenvalue weighted by Crippen LogP contribution is 2.29. The fourth-order valence-corrected chi connectivity index (χ4v) is 1.75. The molecule has 0 bridgehead atoms. The van der Waals surface area contributed by atoms with Gasteiger partial charge in [0.15, 0.2) is 0 Å². The van der Waals surface area contributed by atoms with Crippen molar-refractivity contribution in [1.29, 1.82) is 0 Å². The second kappa shape index (κ2) is 6.38. The Kier molecular flexibility index (Phi) is 4.55. The lowest BCUT2D eigenvalue weighted by Gasteiger charge is -2.10. The molecule has 0 aliphatic rings. The molecule has 0 aliphatic carbocycles. The average molecular weight is 310 g/mol. The Morgan fingerprint density at radius 1 is 1.05 bits per heavy atom. The van der Waals surface area contributed by atoms with Crippen molar-refractivity contribution in [2.24, 2.45) is 0 Å². The predicted molar refractivity (Wildman–Crippen MR) is 76.7 cm³/mol. The van der Waals surface area contributed by atoms with Crippen molar-refractivity contribution in [1.82, 2.24) is 0 Å². The Morgan fingerprint density at radius 3 is 2.32 bits per heavy atom. The zero-order valence-corrected chi connectivity index (χ0v) is 11.3. The lowest BCUT2D eigenvalue weighted by atomic mass is 10.2. The Hall–Kier alpha value is -2.70. The molecule has 0 saturated heterocycles. The number of rotatable bonds is 4. The molecule has 0 heterocycles. The topological polar surface area (TPSA) is 61.4 Å². The molecule has 0 saturated carbocycles. The normalized spacial score (nSPS) is 11.0. The largest absolute Gasteiger partial charge is 0.508 e. The molecule has 1 amide bonds. The van der Waals surface area contributed by atoms with Crippen molar-refractivity contribution in [3.05, 3.63) is 54.1 Å². The zero-order chi connectivity index (χ0) is 16.2. The van der Waals surface area contributed by atoms with Gasteiger partial charge in [-0.25, -0.2) is 0 Å². The SMILES string of the molecule is O=C(CNc1ccc(C(F)(F)F)cc1)Nc1cccc(O)c1. The molecule has 0 unspecified atom stereocenters. The van der Waals surface area contributed by atoms with Crippen LogP contribution in [0.25, 0.3) is 0 Å². The van der Waals surface area contributed by atoms with Gasteiger partial charge < -0.3 is 15.7 Å². The van der Waals surface area contributed by atoms with Crippen LogP contribution in [0.3, 0.4) is 0 Å². The van der Waals surface area contributed by atoms with E-state index in [0.29, 0.717) is 11.4 Å². The second-order valence-corrected chi connectivity index (χ2v) is 4.53. The van der Waals surface area contributed by atoms with Crippen LogP contribution in [0, 0.1) is 0 Å². The predicted octanol–water partition coefficient (Wildman–Crippen LogP) is 3.46. The average Bonchev–Trinajstić information content (AvgIpc) is 2.45. The molecular weight excluding hydrogens is 297 g/mol. The first-order chi connectivity index (χ1) is 10.3. The molecule has 3 N–H and O–H groups in total. The van der Waals surface area contributed by atoms with E-state index in [1.165, 1.54) is 24.3 Å². The minimum absolute atomic E-state index is 0.0218. The summed E-state index contributed by atoms with van der Waals surface area (Å²) in [6, 6.07) is 10.4. The van der Waals surface area contributed by atoms with Crippen LogP contribution in [0.1, 0.15) is 5.56 Å². The van der Waals surface area contributed by atoms with Gasteiger partial charge in [-0.2, -0.15) is 13.2 Å². The number of carbonyl (C=O) groups excluding carboxylic acids is 1. The van der Waals surface area contributed by atoms with Crippen molar-refractivity contribution < 1.29 is 23.1 Å². The maximum Gasteiger partial charge on any atom is 0.416 e. The summed E-state index contributed by atoms with van der Waals surface area (Å²) in [6.07, 6.45) is -4.38. The highest BCUT2D eigenvalue weighted by atomic mass is 19.4. The van der Waals surface area contributed by atoms with Crippen LogP contribution in [-0.4, -0.2) is 17.6 Å². The Bertz CT molecular complexity index is 655. The Balaban J connectivity index is 1.88. The van der Waals surface area contributed by atoms with Crippen molar-refractivity contribution >= 4 is 17.3 Å². The van der Waals surface area contributed by atoms with Gasteiger partial charge in [-0.05, 0) is 36.4 Å². The monoisotopic (exact) mass is 310 g/mol. The first-order valence-corrected chi connectivity index (χ1v) is 6.34. The molecule has 2 aromatic carbocycles. The summed E-state index contributed by atoms with van der Waals surface area (Å²) in [5.41, 5.74) is 0.0838. The number of hydrogen-bond acceptors (Lipinski definition) is 3. The maximum absolute atomic E-state index is 12.4. The quantitative estimate of drug-likeness (QED) is 0.810. The Morgan fingerprint density at radius 2 is 1.73 bits per heavy atom. The van der Waals surface area contributed by atoms with E-state index >= 15 is 0 Å². The van der Waals surface area contributed by atoms with Crippen molar-refractivity contribution in [2.45, 2.75) is 6.18 Å². The molecule has 0 atom stereocenters. The second-order valence-electron chi connectivity index (χ2n) is 4.53. The molecule has 0 radical (unpaired) electrons. The van der Waals surface area contributed by atoms with E-state index in [0.717, 1.165) is 12.1 Å². The van der Waals surface area contributed by atoms with E-state index in [1.807, 2.05) is 0 Å². The lowest BCUT2D eigenvalue weighted by molar-refractivity contribution is -0.137. The molecule has 0 fully saturated rings. The lowest BCUT2D eigenvalue weighted by Crippen LogP contribution is -2.21. The smallest absolute Gasteiger partial charge is 0.416 e. The molecule has 2 aromatic rings. The number of alkyl halides is 3. The summed E-state index contributed by atoms with van der Waals surface area (Å²) in [7, 11) is 0. The third kappa shape index (κ3) is 4.41. The molecule has 4 nitrogen and oxygen atoms in total. The molecule has 2 rings (SSSR count). The van der Waals surface area contributed by atoms with E-state index in [1.54, 1.807) is 12.1 Å². The molecule has 22 heavy (non-hydrogen) atoms.